The van der Waals surface area contributed by atoms with Crippen LogP contribution in [0.25, 0.3) is 0 Å². The SMILES string of the molecule is CN(Cc1ccc(F)c(F)c1)S(=O)(=O)c1ccccc1OC(F)F. The molecule has 0 bridgehead atoms. The number of ether oxygens (including phenoxy) is 1. The first kappa shape index (κ1) is 18.2. The van der Waals surface area contributed by atoms with Crippen molar-refractivity contribution in [2.24, 2.45) is 0 Å². The van der Waals surface area contributed by atoms with E-state index in [1.165, 1.54) is 25.2 Å². The first-order valence-electron chi connectivity index (χ1n) is 6.66. The van der Waals surface area contributed by atoms with E-state index in [2.05, 4.69) is 4.74 Å². The molecule has 9 heteroatoms. The van der Waals surface area contributed by atoms with Gasteiger partial charge in [-0.3, -0.25) is 0 Å². The molecule has 0 heterocycles. The molecule has 2 aromatic carbocycles. The van der Waals surface area contributed by atoms with E-state index in [1.54, 1.807) is 0 Å². The van der Waals surface area contributed by atoms with Crippen LogP contribution in [0.1, 0.15) is 5.56 Å². The maximum atomic E-state index is 13.2. The molecular weight excluding hydrogens is 350 g/mol. The summed E-state index contributed by atoms with van der Waals surface area (Å²) in [7, 11) is -2.99. The number of hydrogen-bond donors (Lipinski definition) is 0. The number of rotatable bonds is 6. The van der Waals surface area contributed by atoms with Gasteiger partial charge in [-0.25, -0.2) is 17.2 Å². The van der Waals surface area contributed by atoms with E-state index in [0.29, 0.717) is 0 Å². The molecule has 24 heavy (non-hydrogen) atoms. The average Bonchev–Trinajstić information content (AvgIpc) is 2.50. The third kappa shape index (κ3) is 4.04. The van der Waals surface area contributed by atoms with Crippen molar-refractivity contribution in [3.63, 3.8) is 0 Å². The zero-order valence-electron chi connectivity index (χ0n) is 12.4. The van der Waals surface area contributed by atoms with Crippen molar-refractivity contribution in [1.29, 1.82) is 0 Å². The predicted molar refractivity (Wildman–Crippen MR) is 78.1 cm³/mol. The maximum Gasteiger partial charge on any atom is 0.387 e. The van der Waals surface area contributed by atoms with E-state index >= 15 is 0 Å². The Balaban J connectivity index is 2.31. The second kappa shape index (κ2) is 7.18. The van der Waals surface area contributed by atoms with Gasteiger partial charge in [0.05, 0.1) is 0 Å². The van der Waals surface area contributed by atoms with E-state index < -0.39 is 38.9 Å². The molecule has 0 spiro atoms. The van der Waals surface area contributed by atoms with Gasteiger partial charge in [0.2, 0.25) is 10.0 Å². The summed E-state index contributed by atoms with van der Waals surface area (Å²) >= 11 is 0. The Morgan fingerprint density at radius 3 is 2.38 bits per heavy atom. The van der Waals surface area contributed by atoms with Crippen molar-refractivity contribution in [2.75, 3.05) is 7.05 Å². The van der Waals surface area contributed by atoms with Gasteiger partial charge in [0.25, 0.3) is 0 Å². The van der Waals surface area contributed by atoms with Crippen LogP contribution < -0.4 is 4.74 Å². The minimum absolute atomic E-state index is 0.201. The van der Waals surface area contributed by atoms with Crippen LogP contribution in [0, 0.1) is 11.6 Å². The fourth-order valence-electron chi connectivity index (χ4n) is 2.00. The predicted octanol–water partition coefficient (Wildman–Crippen LogP) is 3.39. The molecule has 0 unspecified atom stereocenters. The van der Waals surface area contributed by atoms with Gasteiger partial charge in [0.15, 0.2) is 11.6 Å². The minimum Gasteiger partial charge on any atom is -0.433 e. The van der Waals surface area contributed by atoms with Crippen molar-refractivity contribution >= 4 is 10.0 Å². The molecule has 0 N–H and O–H groups in total. The smallest absolute Gasteiger partial charge is 0.387 e. The Bertz CT molecular complexity index is 827. The summed E-state index contributed by atoms with van der Waals surface area (Å²) in [4.78, 5) is -0.449. The molecule has 0 aliphatic carbocycles. The van der Waals surface area contributed by atoms with Crippen LogP contribution in [0.3, 0.4) is 0 Å². The van der Waals surface area contributed by atoms with Crippen molar-refractivity contribution in [3.05, 3.63) is 59.7 Å². The van der Waals surface area contributed by atoms with E-state index in [9.17, 15) is 26.0 Å². The van der Waals surface area contributed by atoms with Gasteiger partial charge in [-0.2, -0.15) is 13.1 Å². The van der Waals surface area contributed by atoms with E-state index in [1.807, 2.05) is 0 Å². The molecule has 0 fully saturated rings. The molecule has 0 aliphatic heterocycles. The van der Waals surface area contributed by atoms with Gasteiger partial charge in [0, 0.05) is 13.6 Å². The summed E-state index contributed by atoms with van der Waals surface area (Å²) in [5.41, 5.74) is 0.201. The highest BCUT2D eigenvalue weighted by Crippen LogP contribution is 2.28. The second-order valence-corrected chi connectivity index (χ2v) is 6.85. The van der Waals surface area contributed by atoms with Crippen LogP contribution in [-0.2, 0) is 16.6 Å². The summed E-state index contributed by atoms with van der Waals surface area (Å²) < 4.78 is 81.0. The molecular formula is C15H13F4NO3S. The molecule has 0 saturated carbocycles. The molecule has 0 aliphatic rings. The lowest BCUT2D eigenvalue weighted by molar-refractivity contribution is -0.0517. The van der Waals surface area contributed by atoms with Crippen LogP contribution in [0.2, 0.25) is 0 Å². The highest BCUT2D eigenvalue weighted by molar-refractivity contribution is 7.89. The lowest BCUT2D eigenvalue weighted by Gasteiger charge is -2.19. The number of halogens is 4. The molecule has 2 rings (SSSR count). The van der Waals surface area contributed by atoms with Crippen LogP contribution in [0.5, 0.6) is 5.75 Å². The largest absolute Gasteiger partial charge is 0.433 e. The zero-order valence-corrected chi connectivity index (χ0v) is 13.2. The Kier molecular flexibility index (Phi) is 5.45. The fraction of sp³-hybridized carbons (Fsp3) is 0.200. The van der Waals surface area contributed by atoms with E-state index in [-0.39, 0.29) is 12.1 Å². The van der Waals surface area contributed by atoms with Crippen LogP contribution >= 0.6 is 0 Å². The summed E-state index contributed by atoms with van der Waals surface area (Å²) in [6.07, 6.45) is 0. The minimum atomic E-state index is -4.18. The Morgan fingerprint density at radius 1 is 1.08 bits per heavy atom. The van der Waals surface area contributed by atoms with Crippen molar-refractivity contribution in [2.45, 2.75) is 18.1 Å². The molecule has 0 radical (unpaired) electrons. The van der Waals surface area contributed by atoms with Crippen molar-refractivity contribution in [3.8, 4) is 5.75 Å². The van der Waals surface area contributed by atoms with E-state index in [4.69, 9.17) is 0 Å². The van der Waals surface area contributed by atoms with Gasteiger partial charge in [-0.1, -0.05) is 18.2 Å². The molecule has 4 nitrogen and oxygen atoms in total. The number of para-hydroxylation sites is 1. The van der Waals surface area contributed by atoms with E-state index in [0.717, 1.165) is 28.6 Å². The first-order valence-corrected chi connectivity index (χ1v) is 8.10. The molecule has 130 valence electrons. The lowest BCUT2D eigenvalue weighted by Crippen LogP contribution is -2.27. The zero-order chi connectivity index (χ0) is 17.9. The fourth-order valence-corrected chi connectivity index (χ4v) is 3.28. The second-order valence-electron chi connectivity index (χ2n) is 4.83. The monoisotopic (exact) mass is 363 g/mol. The van der Waals surface area contributed by atoms with Crippen LogP contribution in [-0.4, -0.2) is 26.4 Å². The van der Waals surface area contributed by atoms with Gasteiger partial charge in [-0.15, -0.1) is 0 Å². The molecule has 0 aromatic heterocycles. The molecule has 0 saturated heterocycles. The number of nitrogens with zero attached hydrogens (tertiary/aromatic N) is 1. The average molecular weight is 363 g/mol. The molecule has 2 aromatic rings. The van der Waals surface area contributed by atoms with Crippen LogP contribution in [0.4, 0.5) is 17.6 Å². The van der Waals surface area contributed by atoms with Gasteiger partial charge >= 0.3 is 6.61 Å². The Labute approximate surface area is 136 Å². The third-order valence-electron chi connectivity index (χ3n) is 3.14. The number of benzene rings is 2. The van der Waals surface area contributed by atoms with Gasteiger partial charge in [0.1, 0.15) is 10.6 Å². The lowest BCUT2D eigenvalue weighted by atomic mass is 10.2. The first-order chi connectivity index (χ1) is 11.2. The number of hydrogen-bond acceptors (Lipinski definition) is 3. The highest BCUT2D eigenvalue weighted by atomic mass is 32.2. The normalized spacial score (nSPS) is 12.0. The molecule has 0 amide bonds. The molecule has 0 atom stereocenters. The summed E-state index contributed by atoms with van der Waals surface area (Å²) in [6, 6.07) is 7.90. The highest BCUT2D eigenvalue weighted by Gasteiger charge is 2.26. The Morgan fingerprint density at radius 2 is 1.75 bits per heavy atom. The van der Waals surface area contributed by atoms with Gasteiger partial charge in [-0.05, 0) is 29.8 Å². The maximum absolute atomic E-state index is 13.2. The van der Waals surface area contributed by atoms with Crippen LogP contribution in [0.15, 0.2) is 47.4 Å². The quantitative estimate of drug-likeness (QED) is 0.739. The van der Waals surface area contributed by atoms with Crippen molar-refractivity contribution in [1.82, 2.24) is 4.31 Å². The number of alkyl halides is 2. The van der Waals surface area contributed by atoms with Crippen molar-refractivity contribution < 1.29 is 30.7 Å². The standard InChI is InChI=1S/C15H13F4NO3S/c1-20(9-10-6-7-11(16)12(17)8-10)24(21,22)14-5-3-2-4-13(14)23-15(18)19/h2-8,15H,9H2,1H3. The summed E-state index contributed by atoms with van der Waals surface area (Å²) in [5.74, 6) is -2.66. The summed E-state index contributed by atoms with van der Waals surface area (Å²) in [6.45, 7) is -3.46. The number of sulfonamides is 1. The summed E-state index contributed by atoms with van der Waals surface area (Å²) in [5, 5.41) is 0. The topological polar surface area (TPSA) is 46.6 Å². The third-order valence-corrected chi connectivity index (χ3v) is 4.99. The Hall–Kier alpha value is -2.13. The van der Waals surface area contributed by atoms with Gasteiger partial charge < -0.3 is 4.74 Å².